The highest BCUT2D eigenvalue weighted by Gasteiger charge is 2.34. The van der Waals surface area contributed by atoms with Gasteiger partial charge in [0.2, 0.25) is 0 Å². The number of fused-ring (bicyclic) bond motifs is 2. The predicted molar refractivity (Wildman–Crippen MR) is 113 cm³/mol. The number of nitrogens with two attached hydrogens (primary N) is 1. The van der Waals surface area contributed by atoms with Gasteiger partial charge in [-0.15, -0.1) is 0 Å². The molecule has 0 unspecified atom stereocenters. The van der Waals surface area contributed by atoms with Gasteiger partial charge in [0.1, 0.15) is 5.82 Å². The lowest BCUT2D eigenvalue weighted by Crippen LogP contribution is -2.28. The van der Waals surface area contributed by atoms with Crippen molar-refractivity contribution in [2.75, 3.05) is 12.3 Å². The number of rotatable bonds is 3. The van der Waals surface area contributed by atoms with Crippen molar-refractivity contribution < 1.29 is 14.3 Å². The lowest BCUT2D eigenvalue weighted by molar-refractivity contribution is 0.0528. The van der Waals surface area contributed by atoms with Crippen LogP contribution in [0.25, 0.3) is 16.5 Å². The first-order valence-electron chi connectivity index (χ1n) is 9.81. The first-order chi connectivity index (χ1) is 13.7. The molecule has 0 atom stereocenters. The van der Waals surface area contributed by atoms with Crippen LogP contribution in [0.4, 0.5) is 5.82 Å². The number of aromatic nitrogens is 2. The third kappa shape index (κ3) is 3.18. The van der Waals surface area contributed by atoms with Gasteiger partial charge in [-0.25, -0.2) is 9.78 Å². The number of Topliss-reactive ketones (excluding diaryl/α,β-unsaturated/α-hetero) is 1. The third-order valence-corrected chi connectivity index (χ3v) is 5.54. The summed E-state index contributed by atoms with van der Waals surface area (Å²) in [6.45, 7) is 8.26. The van der Waals surface area contributed by atoms with Crippen molar-refractivity contribution in [1.82, 2.24) is 9.55 Å². The summed E-state index contributed by atoms with van der Waals surface area (Å²) >= 11 is 0. The summed E-state index contributed by atoms with van der Waals surface area (Å²) in [5.74, 6) is 0.125. The Hall–Kier alpha value is -3.15. The SMILES string of the molecule is CCOC(=O)c1cnc(N)c2ccc(-n3cc(C)c4c3CC(C)(C)CC4=O)cc12. The quantitative estimate of drug-likeness (QED) is 0.675. The second kappa shape index (κ2) is 6.72. The Morgan fingerprint density at radius 2 is 2.03 bits per heavy atom. The molecule has 2 aromatic heterocycles. The van der Waals surface area contributed by atoms with Crippen molar-refractivity contribution in [2.24, 2.45) is 5.41 Å². The molecular weight excluding hydrogens is 366 g/mol. The van der Waals surface area contributed by atoms with Gasteiger partial charge in [0.15, 0.2) is 5.78 Å². The molecule has 6 nitrogen and oxygen atoms in total. The van der Waals surface area contributed by atoms with Crippen LogP contribution in [0.15, 0.2) is 30.6 Å². The van der Waals surface area contributed by atoms with Gasteiger partial charge in [-0.05, 0) is 49.4 Å². The first-order valence-corrected chi connectivity index (χ1v) is 9.81. The Labute approximate surface area is 169 Å². The van der Waals surface area contributed by atoms with Gasteiger partial charge < -0.3 is 15.0 Å². The summed E-state index contributed by atoms with van der Waals surface area (Å²) in [6.07, 6.45) is 4.82. The molecule has 1 aromatic carbocycles. The zero-order valence-corrected chi connectivity index (χ0v) is 17.2. The van der Waals surface area contributed by atoms with E-state index in [9.17, 15) is 9.59 Å². The van der Waals surface area contributed by atoms with Crippen LogP contribution < -0.4 is 5.73 Å². The fraction of sp³-hybridized carbons (Fsp3) is 0.348. The number of carbonyl (C=O) groups is 2. The Bertz CT molecular complexity index is 1160. The lowest BCUT2D eigenvalue weighted by atomic mass is 9.75. The molecule has 150 valence electrons. The Morgan fingerprint density at radius 1 is 1.28 bits per heavy atom. The lowest BCUT2D eigenvalue weighted by Gasteiger charge is -2.30. The number of carbonyl (C=O) groups excluding carboxylic acids is 2. The molecule has 0 fully saturated rings. The maximum Gasteiger partial charge on any atom is 0.340 e. The number of nitrogen functional groups attached to an aromatic ring is 1. The van der Waals surface area contributed by atoms with Crippen LogP contribution in [0.2, 0.25) is 0 Å². The van der Waals surface area contributed by atoms with Gasteiger partial charge >= 0.3 is 5.97 Å². The molecule has 0 amide bonds. The Kier molecular flexibility index (Phi) is 4.45. The molecule has 0 spiro atoms. The van der Waals surface area contributed by atoms with Gasteiger partial charge in [-0.2, -0.15) is 0 Å². The zero-order chi connectivity index (χ0) is 20.9. The van der Waals surface area contributed by atoms with Gasteiger partial charge in [0, 0.05) is 46.5 Å². The zero-order valence-electron chi connectivity index (χ0n) is 17.2. The molecule has 1 aliphatic rings. The van der Waals surface area contributed by atoms with Crippen LogP contribution in [0.3, 0.4) is 0 Å². The van der Waals surface area contributed by atoms with E-state index in [4.69, 9.17) is 10.5 Å². The highest BCUT2D eigenvalue weighted by Crippen LogP contribution is 2.38. The number of benzene rings is 1. The Morgan fingerprint density at radius 3 is 2.76 bits per heavy atom. The number of ketones is 1. The van der Waals surface area contributed by atoms with Crippen LogP contribution in [-0.4, -0.2) is 27.9 Å². The van der Waals surface area contributed by atoms with Crippen molar-refractivity contribution >= 4 is 28.3 Å². The molecule has 0 saturated heterocycles. The van der Waals surface area contributed by atoms with Gasteiger partial charge in [0.05, 0.1) is 12.2 Å². The van der Waals surface area contributed by atoms with E-state index in [0.717, 1.165) is 28.9 Å². The van der Waals surface area contributed by atoms with Crippen molar-refractivity contribution in [1.29, 1.82) is 0 Å². The van der Waals surface area contributed by atoms with Crippen LogP contribution in [-0.2, 0) is 11.2 Å². The molecule has 2 heterocycles. The molecule has 0 saturated carbocycles. The second-order valence-electron chi connectivity index (χ2n) is 8.45. The summed E-state index contributed by atoms with van der Waals surface area (Å²) < 4.78 is 7.25. The first kappa shape index (κ1) is 19.2. The monoisotopic (exact) mass is 391 g/mol. The standard InChI is InChI=1S/C23H25N3O3/c1-5-29-22(28)17-11-25-21(24)15-7-6-14(8-16(15)17)26-12-13(2)20-18(26)9-23(3,4)10-19(20)27/h6-8,11-12H,5,9-10H2,1-4H3,(H2,24,25). The number of ether oxygens (including phenoxy) is 1. The number of hydrogen-bond acceptors (Lipinski definition) is 5. The maximum atomic E-state index is 12.7. The average molecular weight is 391 g/mol. The minimum absolute atomic E-state index is 0.0894. The third-order valence-electron chi connectivity index (χ3n) is 5.54. The molecule has 29 heavy (non-hydrogen) atoms. The summed E-state index contributed by atoms with van der Waals surface area (Å²) in [4.78, 5) is 29.3. The summed E-state index contributed by atoms with van der Waals surface area (Å²) in [6, 6.07) is 5.74. The van der Waals surface area contributed by atoms with E-state index >= 15 is 0 Å². The van der Waals surface area contributed by atoms with Gasteiger partial charge in [0.25, 0.3) is 0 Å². The van der Waals surface area contributed by atoms with Crippen molar-refractivity contribution in [2.45, 2.75) is 40.5 Å². The smallest absolute Gasteiger partial charge is 0.340 e. The number of hydrogen-bond donors (Lipinski definition) is 1. The molecule has 4 rings (SSSR count). The van der Waals surface area contributed by atoms with Crippen LogP contribution >= 0.6 is 0 Å². The van der Waals surface area contributed by atoms with E-state index in [-0.39, 0.29) is 17.8 Å². The van der Waals surface area contributed by atoms with Crippen LogP contribution in [0, 0.1) is 12.3 Å². The van der Waals surface area contributed by atoms with Crippen molar-refractivity contribution in [3.8, 4) is 5.69 Å². The molecular formula is C23H25N3O3. The second-order valence-corrected chi connectivity index (χ2v) is 8.45. The predicted octanol–water partition coefficient (Wildman–Crippen LogP) is 4.25. The number of esters is 1. The fourth-order valence-corrected chi connectivity index (χ4v) is 4.28. The van der Waals surface area contributed by atoms with E-state index in [1.54, 1.807) is 6.92 Å². The van der Waals surface area contributed by atoms with Crippen molar-refractivity contribution in [3.05, 3.63) is 53.0 Å². The highest BCUT2D eigenvalue weighted by atomic mass is 16.5. The maximum absolute atomic E-state index is 12.7. The van der Waals surface area contributed by atoms with Gasteiger partial charge in [-0.3, -0.25) is 4.79 Å². The Balaban J connectivity index is 1.93. The minimum Gasteiger partial charge on any atom is -0.462 e. The van der Waals surface area contributed by atoms with E-state index in [2.05, 4.69) is 23.4 Å². The number of pyridine rings is 1. The summed E-state index contributed by atoms with van der Waals surface area (Å²) in [7, 11) is 0. The number of nitrogens with zero attached hydrogens (tertiary/aromatic N) is 2. The van der Waals surface area contributed by atoms with Gasteiger partial charge in [-0.1, -0.05) is 13.8 Å². The van der Waals surface area contributed by atoms with E-state index in [0.29, 0.717) is 28.6 Å². The topological polar surface area (TPSA) is 87.2 Å². The van der Waals surface area contributed by atoms with E-state index in [1.165, 1.54) is 6.20 Å². The molecule has 6 heteroatoms. The van der Waals surface area contributed by atoms with Crippen molar-refractivity contribution in [3.63, 3.8) is 0 Å². The normalized spacial score (nSPS) is 15.4. The molecule has 0 aliphatic heterocycles. The largest absolute Gasteiger partial charge is 0.462 e. The van der Waals surface area contributed by atoms with Crippen LogP contribution in [0.1, 0.15) is 59.2 Å². The summed E-state index contributed by atoms with van der Waals surface area (Å²) in [5, 5.41) is 1.39. The molecule has 2 N–H and O–H groups in total. The molecule has 1 aliphatic carbocycles. The number of anilines is 1. The fourth-order valence-electron chi connectivity index (χ4n) is 4.28. The van der Waals surface area contributed by atoms with E-state index < -0.39 is 5.97 Å². The highest BCUT2D eigenvalue weighted by molar-refractivity contribution is 6.07. The van der Waals surface area contributed by atoms with E-state index in [1.807, 2.05) is 31.3 Å². The van der Waals surface area contributed by atoms with Crippen LogP contribution in [0.5, 0.6) is 0 Å². The minimum atomic E-state index is -0.427. The number of aryl methyl sites for hydroxylation is 1. The average Bonchev–Trinajstić information content (AvgIpc) is 2.97. The molecule has 3 aromatic rings. The molecule has 0 bridgehead atoms. The summed E-state index contributed by atoms with van der Waals surface area (Å²) in [5.41, 5.74) is 10.0. The molecule has 0 radical (unpaired) electrons.